The maximum Gasteiger partial charge on any atom is 0.255 e. The quantitative estimate of drug-likeness (QED) is 0.532. The molecule has 1 saturated carbocycles. The van der Waals surface area contributed by atoms with E-state index in [1.807, 2.05) is 24.3 Å². The van der Waals surface area contributed by atoms with E-state index in [0.717, 1.165) is 37.0 Å². The molecule has 3 aromatic rings. The minimum absolute atomic E-state index is 0.121. The summed E-state index contributed by atoms with van der Waals surface area (Å²) in [6.45, 7) is 0. The molecule has 5 nitrogen and oxygen atoms in total. The molecule has 1 fully saturated rings. The van der Waals surface area contributed by atoms with Gasteiger partial charge in [-0.25, -0.2) is 4.68 Å². The van der Waals surface area contributed by atoms with Crippen molar-refractivity contribution in [2.45, 2.75) is 38.1 Å². The van der Waals surface area contributed by atoms with Gasteiger partial charge >= 0.3 is 0 Å². The Kier molecular flexibility index (Phi) is 6.30. The molecule has 0 aliphatic heterocycles. The predicted octanol–water partition coefficient (Wildman–Crippen LogP) is 5.92. The van der Waals surface area contributed by atoms with E-state index in [-0.39, 0.29) is 11.9 Å². The lowest BCUT2D eigenvalue weighted by atomic mass is 9.95. The van der Waals surface area contributed by atoms with E-state index < -0.39 is 0 Å². The molecule has 1 aromatic heterocycles. The van der Waals surface area contributed by atoms with Crippen molar-refractivity contribution in [2.24, 2.45) is 0 Å². The van der Waals surface area contributed by atoms with Gasteiger partial charge in [-0.15, -0.1) is 0 Å². The van der Waals surface area contributed by atoms with Crippen LogP contribution in [0.15, 0.2) is 48.7 Å². The second-order valence-electron chi connectivity index (χ2n) is 7.45. The van der Waals surface area contributed by atoms with Crippen LogP contribution in [0.4, 0.5) is 0 Å². The normalized spacial score (nSPS) is 14.5. The number of carbonyl (C=O) groups excluding carboxylic acids is 1. The Labute approximate surface area is 185 Å². The fourth-order valence-electron chi connectivity index (χ4n) is 3.89. The summed E-state index contributed by atoms with van der Waals surface area (Å²) in [6, 6.07) is 13.0. The average Bonchev–Trinajstić information content (AvgIpc) is 3.19. The van der Waals surface area contributed by atoms with Crippen LogP contribution in [-0.2, 0) is 0 Å². The lowest BCUT2D eigenvalue weighted by molar-refractivity contribution is 0.0928. The van der Waals surface area contributed by atoms with Crippen LogP contribution in [-0.4, -0.2) is 28.8 Å². The molecule has 0 radical (unpaired) electrons. The highest BCUT2D eigenvalue weighted by atomic mass is 35.5. The van der Waals surface area contributed by atoms with Crippen LogP contribution in [0.2, 0.25) is 10.0 Å². The van der Waals surface area contributed by atoms with Gasteiger partial charge in [-0.3, -0.25) is 4.79 Å². The molecular weight excluding hydrogens is 421 g/mol. The van der Waals surface area contributed by atoms with E-state index in [4.69, 9.17) is 27.9 Å². The average molecular weight is 444 g/mol. The fraction of sp³-hybridized carbons (Fsp3) is 0.304. The van der Waals surface area contributed by atoms with Crippen molar-refractivity contribution in [3.05, 3.63) is 64.3 Å². The van der Waals surface area contributed by atoms with Gasteiger partial charge in [-0.1, -0.05) is 42.5 Å². The molecule has 1 N–H and O–H groups in total. The summed E-state index contributed by atoms with van der Waals surface area (Å²) < 4.78 is 6.97. The lowest BCUT2D eigenvalue weighted by Gasteiger charge is -2.22. The number of nitrogens with one attached hydrogen (secondary N) is 1. The largest absolute Gasteiger partial charge is 0.497 e. The van der Waals surface area contributed by atoms with Crippen molar-refractivity contribution in [3.63, 3.8) is 0 Å². The minimum atomic E-state index is -0.121. The van der Waals surface area contributed by atoms with Crippen LogP contribution < -0.4 is 10.1 Å². The second-order valence-corrected chi connectivity index (χ2v) is 8.29. The fourth-order valence-corrected chi connectivity index (χ4v) is 4.38. The number of halogens is 2. The topological polar surface area (TPSA) is 56.1 Å². The van der Waals surface area contributed by atoms with Gasteiger partial charge in [0, 0.05) is 16.6 Å². The van der Waals surface area contributed by atoms with E-state index in [1.165, 1.54) is 6.42 Å². The van der Waals surface area contributed by atoms with Crippen LogP contribution >= 0.6 is 23.2 Å². The number of rotatable bonds is 5. The highest BCUT2D eigenvalue weighted by molar-refractivity contribution is 6.35. The summed E-state index contributed by atoms with van der Waals surface area (Å²) >= 11 is 12.5. The standard InChI is InChI=1S/C23H23Cl2N3O2/c1-30-18-10-7-15(8-11-18)22-19(23(29)27-17-5-3-2-4-6-17)14-26-28(22)21-12-9-16(24)13-20(21)25/h7-14,17H,2-6H2,1H3,(H,27,29). The summed E-state index contributed by atoms with van der Waals surface area (Å²) in [5.74, 6) is 0.617. The van der Waals surface area contributed by atoms with Crippen LogP contribution in [0.3, 0.4) is 0 Å². The Hall–Kier alpha value is -2.50. The van der Waals surface area contributed by atoms with Gasteiger partial charge in [0.15, 0.2) is 0 Å². The van der Waals surface area contributed by atoms with Crippen molar-refractivity contribution in [1.82, 2.24) is 15.1 Å². The Balaban J connectivity index is 1.77. The molecule has 0 atom stereocenters. The Morgan fingerprint density at radius 3 is 2.50 bits per heavy atom. The summed E-state index contributed by atoms with van der Waals surface area (Å²) in [5, 5.41) is 8.69. The molecule has 4 rings (SSSR count). The van der Waals surface area contributed by atoms with Crippen molar-refractivity contribution >= 4 is 29.1 Å². The summed E-state index contributed by atoms with van der Waals surface area (Å²) in [7, 11) is 1.62. The zero-order chi connectivity index (χ0) is 21.1. The summed E-state index contributed by atoms with van der Waals surface area (Å²) in [5.41, 5.74) is 2.68. The van der Waals surface area contributed by atoms with Crippen LogP contribution in [0.5, 0.6) is 5.75 Å². The Morgan fingerprint density at radius 1 is 1.10 bits per heavy atom. The first-order chi connectivity index (χ1) is 14.6. The number of ether oxygens (including phenoxy) is 1. The maximum absolute atomic E-state index is 13.2. The number of carbonyl (C=O) groups is 1. The molecular formula is C23H23Cl2N3O2. The van der Waals surface area contributed by atoms with Crippen molar-refractivity contribution in [3.8, 4) is 22.7 Å². The first-order valence-corrected chi connectivity index (χ1v) is 10.8. The molecule has 0 spiro atoms. The minimum Gasteiger partial charge on any atom is -0.497 e. The molecule has 0 unspecified atom stereocenters. The van der Waals surface area contributed by atoms with Crippen molar-refractivity contribution in [2.75, 3.05) is 7.11 Å². The van der Waals surface area contributed by atoms with E-state index in [2.05, 4.69) is 10.4 Å². The number of benzene rings is 2. The highest BCUT2D eigenvalue weighted by Gasteiger charge is 2.24. The summed E-state index contributed by atoms with van der Waals surface area (Å²) in [4.78, 5) is 13.2. The van der Waals surface area contributed by atoms with Gasteiger partial charge in [0.1, 0.15) is 5.75 Å². The third-order valence-electron chi connectivity index (χ3n) is 5.46. The van der Waals surface area contributed by atoms with E-state index in [9.17, 15) is 4.79 Å². The molecule has 0 saturated heterocycles. The number of methoxy groups -OCH3 is 1. The first kappa shape index (κ1) is 20.8. The number of aromatic nitrogens is 2. The van der Waals surface area contributed by atoms with Gasteiger partial charge in [-0.2, -0.15) is 5.10 Å². The Morgan fingerprint density at radius 2 is 1.83 bits per heavy atom. The Bertz CT molecular complexity index is 1040. The number of amides is 1. The predicted molar refractivity (Wildman–Crippen MR) is 120 cm³/mol. The molecule has 30 heavy (non-hydrogen) atoms. The molecule has 156 valence electrons. The maximum atomic E-state index is 13.2. The lowest BCUT2D eigenvalue weighted by Crippen LogP contribution is -2.36. The third kappa shape index (κ3) is 4.32. The monoisotopic (exact) mass is 443 g/mol. The molecule has 1 aliphatic carbocycles. The van der Waals surface area contributed by atoms with Gasteiger partial charge in [-0.05, 0) is 55.3 Å². The van der Waals surface area contributed by atoms with Crippen molar-refractivity contribution in [1.29, 1.82) is 0 Å². The van der Waals surface area contributed by atoms with E-state index >= 15 is 0 Å². The third-order valence-corrected chi connectivity index (χ3v) is 5.99. The van der Waals surface area contributed by atoms with Gasteiger partial charge in [0.25, 0.3) is 5.91 Å². The van der Waals surface area contributed by atoms with Crippen molar-refractivity contribution < 1.29 is 9.53 Å². The van der Waals surface area contributed by atoms with E-state index in [0.29, 0.717) is 27.0 Å². The zero-order valence-corrected chi connectivity index (χ0v) is 18.2. The van der Waals surface area contributed by atoms with Gasteiger partial charge < -0.3 is 10.1 Å². The number of nitrogens with zero attached hydrogens (tertiary/aromatic N) is 2. The molecule has 2 aromatic carbocycles. The molecule has 1 heterocycles. The highest BCUT2D eigenvalue weighted by Crippen LogP contribution is 2.32. The molecule has 7 heteroatoms. The number of hydrogen-bond donors (Lipinski definition) is 1. The van der Waals surface area contributed by atoms with Crippen LogP contribution in [0, 0.1) is 0 Å². The molecule has 1 aliphatic rings. The molecule has 0 bridgehead atoms. The summed E-state index contributed by atoms with van der Waals surface area (Å²) in [6.07, 6.45) is 7.16. The van der Waals surface area contributed by atoms with Gasteiger partial charge in [0.2, 0.25) is 0 Å². The SMILES string of the molecule is COc1ccc(-c2c(C(=O)NC3CCCCC3)cnn2-c2ccc(Cl)cc2Cl)cc1. The van der Waals surface area contributed by atoms with E-state index in [1.54, 1.807) is 36.2 Å². The first-order valence-electron chi connectivity index (χ1n) is 10.1. The van der Waals surface area contributed by atoms with Crippen LogP contribution in [0.25, 0.3) is 16.9 Å². The number of hydrogen-bond acceptors (Lipinski definition) is 3. The van der Waals surface area contributed by atoms with Gasteiger partial charge in [0.05, 0.1) is 35.3 Å². The zero-order valence-electron chi connectivity index (χ0n) is 16.7. The smallest absolute Gasteiger partial charge is 0.255 e. The second kappa shape index (κ2) is 9.11. The molecule has 1 amide bonds. The van der Waals surface area contributed by atoms with Crippen LogP contribution in [0.1, 0.15) is 42.5 Å².